The van der Waals surface area contributed by atoms with Crippen LogP contribution in [0.2, 0.25) is 0 Å². The molecule has 1 saturated carbocycles. The van der Waals surface area contributed by atoms with E-state index in [0.717, 1.165) is 37.3 Å². The number of ether oxygens (including phenoxy) is 2. The molecule has 1 aliphatic carbocycles. The van der Waals surface area contributed by atoms with E-state index in [0.29, 0.717) is 25.2 Å². The molecule has 0 spiro atoms. The molecule has 0 bridgehead atoms. The summed E-state index contributed by atoms with van der Waals surface area (Å²) in [5.74, 6) is 2.21. The van der Waals surface area contributed by atoms with Crippen LogP contribution in [-0.4, -0.2) is 31.0 Å². The lowest BCUT2D eigenvalue weighted by Crippen LogP contribution is -2.26. The lowest BCUT2D eigenvalue weighted by atomic mass is 9.83. The van der Waals surface area contributed by atoms with Crippen molar-refractivity contribution in [2.45, 2.75) is 57.6 Å². The predicted octanol–water partition coefficient (Wildman–Crippen LogP) is 3.44. The molecule has 128 valence electrons. The zero-order chi connectivity index (χ0) is 16.1. The van der Waals surface area contributed by atoms with Crippen molar-refractivity contribution in [2.24, 2.45) is 5.92 Å². The molecule has 3 unspecified atom stereocenters. The molecule has 2 aliphatic rings. The van der Waals surface area contributed by atoms with E-state index in [9.17, 15) is 5.11 Å². The van der Waals surface area contributed by atoms with Crippen LogP contribution in [-0.2, 0) is 0 Å². The summed E-state index contributed by atoms with van der Waals surface area (Å²) < 4.78 is 11.2. The van der Waals surface area contributed by atoms with Gasteiger partial charge in [0.05, 0.1) is 6.10 Å². The summed E-state index contributed by atoms with van der Waals surface area (Å²) in [6.07, 6.45) is 6.84. The Bertz CT molecular complexity index is 505. The van der Waals surface area contributed by atoms with Gasteiger partial charge in [-0.25, -0.2) is 0 Å². The fourth-order valence-electron chi connectivity index (χ4n) is 3.65. The van der Waals surface area contributed by atoms with Gasteiger partial charge >= 0.3 is 0 Å². The molecule has 0 amide bonds. The Kier molecular flexibility index (Phi) is 5.79. The summed E-state index contributed by atoms with van der Waals surface area (Å²) in [7, 11) is 0. The molecular formula is C19H29NO3. The van der Waals surface area contributed by atoms with Gasteiger partial charge in [-0.15, -0.1) is 0 Å². The molecule has 3 atom stereocenters. The summed E-state index contributed by atoms with van der Waals surface area (Å²) in [6, 6.07) is 6.48. The molecule has 1 heterocycles. The lowest BCUT2D eigenvalue weighted by Gasteiger charge is -2.27. The topological polar surface area (TPSA) is 50.7 Å². The van der Waals surface area contributed by atoms with Crippen LogP contribution in [0.25, 0.3) is 0 Å². The molecule has 4 nitrogen and oxygen atoms in total. The molecule has 2 N–H and O–H groups in total. The van der Waals surface area contributed by atoms with Crippen LogP contribution in [0.1, 0.15) is 57.1 Å². The number of benzene rings is 1. The number of aliphatic hydroxyl groups excluding tert-OH is 1. The van der Waals surface area contributed by atoms with Gasteiger partial charge in [-0.05, 0) is 62.8 Å². The van der Waals surface area contributed by atoms with Gasteiger partial charge in [-0.1, -0.05) is 18.9 Å². The van der Waals surface area contributed by atoms with Crippen molar-refractivity contribution in [1.29, 1.82) is 0 Å². The number of fused-ring (bicyclic) bond motifs is 1. The third-order valence-electron chi connectivity index (χ3n) is 5.14. The number of hydrogen-bond acceptors (Lipinski definition) is 4. The van der Waals surface area contributed by atoms with Gasteiger partial charge in [0.15, 0.2) is 11.5 Å². The van der Waals surface area contributed by atoms with Crippen molar-refractivity contribution in [3.05, 3.63) is 23.8 Å². The van der Waals surface area contributed by atoms with Gasteiger partial charge < -0.3 is 19.9 Å². The molecule has 1 fully saturated rings. The fourth-order valence-corrected chi connectivity index (χ4v) is 3.65. The Balaban J connectivity index is 1.43. The molecule has 1 aromatic carbocycles. The predicted molar refractivity (Wildman–Crippen MR) is 91.0 cm³/mol. The molecule has 0 saturated heterocycles. The van der Waals surface area contributed by atoms with Crippen molar-refractivity contribution in [2.75, 3.05) is 19.8 Å². The summed E-state index contributed by atoms with van der Waals surface area (Å²) in [5, 5.41) is 13.6. The van der Waals surface area contributed by atoms with Crippen LogP contribution >= 0.6 is 0 Å². The van der Waals surface area contributed by atoms with Crippen LogP contribution in [0.15, 0.2) is 18.2 Å². The smallest absolute Gasteiger partial charge is 0.161 e. The number of nitrogens with one attached hydrogen (secondary N) is 1. The quantitative estimate of drug-likeness (QED) is 0.789. The normalized spacial score (nSPS) is 25.1. The fraction of sp³-hybridized carbons (Fsp3) is 0.684. The first kappa shape index (κ1) is 16.6. The molecule has 3 rings (SSSR count). The lowest BCUT2D eigenvalue weighted by molar-refractivity contribution is 0.0642. The molecule has 23 heavy (non-hydrogen) atoms. The standard InChI is InChI=1S/C19H29NO3/c1-14(16-8-9-18-19(13-16)23-12-11-22-18)20-10-4-6-15-5-2-3-7-17(15)21/h8-9,13-15,17,20-21H,2-7,10-12H2,1H3. The van der Waals surface area contributed by atoms with E-state index in [1.165, 1.54) is 24.8 Å². The Morgan fingerprint density at radius 1 is 1.17 bits per heavy atom. The van der Waals surface area contributed by atoms with Crippen molar-refractivity contribution in [3.8, 4) is 11.5 Å². The first-order valence-corrected chi connectivity index (χ1v) is 9.05. The second-order valence-electron chi connectivity index (χ2n) is 6.83. The average molecular weight is 319 g/mol. The molecule has 0 radical (unpaired) electrons. The van der Waals surface area contributed by atoms with Crippen LogP contribution in [0, 0.1) is 5.92 Å². The first-order chi connectivity index (χ1) is 11.2. The number of aliphatic hydroxyl groups is 1. The van der Waals surface area contributed by atoms with Crippen molar-refractivity contribution in [1.82, 2.24) is 5.32 Å². The van der Waals surface area contributed by atoms with E-state index in [1.54, 1.807) is 0 Å². The third-order valence-corrected chi connectivity index (χ3v) is 5.14. The van der Waals surface area contributed by atoms with Crippen LogP contribution in [0.5, 0.6) is 11.5 Å². The molecular weight excluding hydrogens is 290 g/mol. The van der Waals surface area contributed by atoms with E-state index >= 15 is 0 Å². The van der Waals surface area contributed by atoms with Gasteiger partial charge in [0, 0.05) is 6.04 Å². The second-order valence-corrected chi connectivity index (χ2v) is 6.83. The maximum atomic E-state index is 10.0. The van der Waals surface area contributed by atoms with Gasteiger partial charge in [-0.2, -0.15) is 0 Å². The van der Waals surface area contributed by atoms with Gasteiger partial charge in [-0.3, -0.25) is 0 Å². The Hall–Kier alpha value is -1.26. The minimum Gasteiger partial charge on any atom is -0.486 e. The van der Waals surface area contributed by atoms with Gasteiger partial charge in [0.1, 0.15) is 13.2 Å². The van der Waals surface area contributed by atoms with Gasteiger partial charge in [0.25, 0.3) is 0 Å². The van der Waals surface area contributed by atoms with Crippen molar-refractivity contribution < 1.29 is 14.6 Å². The summed E-state index contributed by atoms with van der Waals surface area (Å²) in [5.41, 5.74) is 1.23. The Morgan fingerprint density at radius 3 is 2.78 bits per heavy atom. The van der Waals surface area contributed by atoms with E-state index < -0.39 is 0 Å². The maximum Gasteiger partial charge on any atom is 0.161 e. The number of rotatable bonds is 6. The average Bonchev–Trinajstić information content (AvgIpc) is 2.59. The summed E-state index contributed by atoms with van der Waals surface area (Å²) >= 11 is 0. The molecule has 1 aliphatic heterocycles. The van der Waals surface area contributed by atoms with E-state index in [4.69, 9.17) is 9.47 Å². The summed E-state index contributed by atoms with van der Waals surface area (Å²) in [6.45, 7) is 4.43. The van der Waals surface area contributed by atoms with E-state index in [1.807, 2.05) is 6.07 Å². The third kappa shape index (κ3) is 4.39. The highest BCUT2D eigenvalue weighted by molar-refractivity contribution is 5.44. The second kappa shape index (κ2) is 8.02. The Labute approximate surface area is 139 Å². The van der Waals surface area contributed by atoms with Crippen LogP contribution < -0.4 is 14.8 Å². The SMILES string of the molecule is CC(NCCCC1CCCCC1O)c1ccc2c(c1)OCCO2. The highest BCUT2D eigenvalue weighted by Crippen LogP contribution is 2.32. The number of hydrogen-bond donors (Lipinski definition) is 2. The van der Waals surface area contributed by atoms with E-state index in [2.05, 4.69) is 24.4 Å². The largest absolute Gasteiger partial charge is 0.486 e. The molecule has 0 aromatic heterocycles. The maximum absolute atomic E-state index is 10.0. The zero-order valence-corrected chi connectivity index (χ0v) is 14.1. The monoisotopic (exact) mass is 319 g/mol. The molecule has 1 aromatic rings. The van der Waals surface area contributed by atoms with Crippen LogP contribution in [0.3, 0.4) is 0 Å². The summed E-state index contributed by atoms with van der Waals surface area (Å²) in [4.78, 5) is 0. The van der Waals surface area contributed by atoms with Crippen molar-refractivity contribution >= 4 is 0 Å². The highest BCUT2D eigenvalue weighted by Gasteiger charge is 2.22. The molecule has 4 heteroatoms. The zero-order valence-electron chi connectivity index (χ0n) is 14.1. The van der Waals surface area contributed by atoms with E-state index in [-0.39, 0.29) is 6.10 Å². The minimum absolute atomic E-state index is 0.0704. The first-order valence-electron chi connectivity index (χ1n) is 9.05. The van der Waals surface area contributed by atoms with Crippen LogP contribution in [0.4, 0.5) is 0 Å². The van der Waals surface area contributed by atoms with Crippen molar-refractivity contribution in [3.63, 3.8) is 0 Å². The Morgan fingerprint density at radius 2 is 1.96 bits per heavy atom. The van der Waals surface area contributed by atoms with Gasteiger partial charge in [0.2, 0.25) is 0 Å². The minimum atomic E-state index is -0.0704. The highest BCUT2D eigenvalue weighted by atomic mass is 16.6.